The molecule has 8 nitrogen and oxygen atoms in total. The number of hydrogen-bond donors (Lipinski definition) is 1. The summed E-state index contributed by atoms with van der Waals surface area (Å²) in [6.07, 6.45) is 1.28. The van der Waals surface area contributed by atoms with Crippen molar-refractivity contribution >= 4 is 44.2 Å². The molecule has 1 N–H and O–H groups in total. The third-order valence-electron chi connectivity index (χ3n) is 4.07. The first-order chi connectivity index (χ1) is 13.3. The number of nitrogens with one attached hydrogen (secondary N) is 1. The number of carbonyl (C=O) groups is 2. The van der Waals surface area contributed by atoms with E-state index in [0.717, 1.165) is 24.0 Å². The minimum absolute atomic E-state index is 0.0195. The fourth-order valence-electron chi connectivity index (χ4n) is 2.57. The number of likely N-dealkylation sites (N-methyl/N-ethyl adjacent to an activating group) is 1. The quantitative estimate of drug-likeness (QED) is 0.708. The van der Waals surface area contributed by atoms with Crippen molar-refractivity contribution in [2.24, 2.45) is 0 Å². The van der Waals surface area contributed by atoms with E-state index in [1.54, 1.807) is 6.07 Å². The zero-order valence-electron chi connectivity index (χ0n) is 15.3. The van der Waals surface area contributed by atoms with Gasteiger partial charge in [-0.25, -0.2) is 13.4 Å². The number of benzene rings is 1. The molecule has 10 heteroatoms. The lowest BCUT2D eigenvalue weighted by Gasteiger charge is -2.27. The van der Waals surface area contributed by atoms with E-state index >= 15 is 0 Å². The molecule has 0 saturated carbocycles. The molecule has 0 radical (unpaired) electrons. The molecule has 2 aromatic rings. The summed E-state index contributed by atoms with van der Waals surface area (Å²) in [7, 11) is -1.95. The lowest BCUT2D eigenvalue weighted by molar-refractivity contribution is -0.109. The van der Waals surface area contributed by atoms with Crippen LogP contribution in [0.15, 0.2) is 41.4 Å². The summed E-state index contributed by atoms with van der Waals surface area (Å²) < 4.78 is 33.2. The van der Waals surface area contributed by atoms with Gasteiger partial charge in [-0.1, -0.05) is 11.8 Å². The third-order valence-corrected chi connectivity index (χ3v) is 6.23. The molecule has 0 atom stereocenters. The summed E-state index contributed by atoms with van der Waals surface area (Å²) >= 11 is 0.914. The number of nitrogens with zero attached hydrogens (tertiary/aromatic N) is 2. The number of rotatable bonds is 6. The summed E-state index contributed by atoms with van der Waals surface area (Å²) in [5, 5.41) is -0.147. The minimum atomic E-state index is -3.86. The van der Waals surface area contributed by atoms with E-state index in [-0.39, 0.29) is 27.4 Å². The number of hydrogen-bond acceptors (Lipinski definition) is 8. The molecule has 2 heterocycles. The molecule has 1 aromatic carbocycles. The second-order valence-corrected chi connectivity index (χ2v) is 8.98. The van der Waals surface area contributed by atoms with Gasteiger partial charge in [0.1, 0.15) is 18.2 Å². The lowest BCUT2D eigenvalue weighted by atomic mass is 10.2. The topological polar surface area (TPSA) is 106 Å². The molecule has 148 valence electrons. The first-order valence-electron chi connectivity index (χ1n) is 8.40. The van der Waals surface area contributed by atoms with Crippen LogP contribution in [0.4, 0.5) is 11.5 Å². The molecule has 0 saturated heterocycles. The Morgan fingerprint density at radius 2 is 2.07 bits per heavy atom. The highest BCUT2D eigenvalue weighted by molar-refractivity contribution is 8.14. The van der Waals surface area contributed by atoms with Crippen molar-refractivity contribution in [3.8, 4) is 5.75 Å². The maximum Gasteiger partial charge on any atom is 0.263 e. The number of sulfonamides is 1. The lowest BCUT2D eigenvalue weighted by Crippen LogP contribution is -2.29. The molecule has 28 heavy (non-hydrogen) atoms. The Hall–Kier alpha value is -2.59. The fraction of sp³-hybridized carbons (Fsp3) is 0.278. The number of ketones is 1. The van der Waals surface area contributed by atoms with Gasteiger partial charge in [0.05, 0.1) is 22.9 Å². The van der Waals surface area contributed by atoms with Crippen LogP contribution < -0.4 is 14.4 Å². The number of anilines is 2. The summed E-state index contributed by atoms with van der Waals surface area (Å²) in [6.45, 7) is 2.61. The highest BCUT2D eigenvalue weighted by Gasteiger charge is 2.21. The van der Waals surface area contributed by atoms with Crippen molar-refractivity contribution in [2.75, 3.05) is 35.6 Å². The molecular formula is C18H19N3O5S2. The van der Waals surface area contributed by atoms with Crippen LogP contribution >= 0.6 is 11.8 Å². The zero-order valence-corrected chi connectivity index (χ0v) is 17.0. The van der Waals surface area contributed by atoms with E-state index < -0.39 is 10.0 Å². The summed E-state index contributed by atoms with van der Waals surface area (Å²) in [6, 6.07) is 7.56. The van der Waals surface area contributed by atoms with Gasteiger partial charge in [0.15, 0.2) is 10.9 Å². The standard InChI is InChI=1S/C18H19N3O5S2/c1-12(22)27-11-16(23)13-3-6-18(19-10-13)20-28(24,25)14-4-5-15-17(9-14)26-8-7-21(15)2/h3-6,9-10H,7-8,11H2,1-2H3,(H,19,20). The SMILES string of the molecule is CC(=O)SCC(=O)c1ccc(NS(=O)(=O)c2ccc3c(c2)OCCN3C)nc1. The number of pyridine rings is 1. The van der Waals surface area contributed by atoms with E-state index in [1.165, 1.54) is 37.4 Å². The Bertz CT molecular complexity index is 1010. The monoisotopic (exact) mass is 421 g/mol. The predicted octanol–water partition coefficient (Wildman–Crippen LogP) is 2.17. The molecule has 0 amide bonds. The van der Waals surface area contributed by atoms with E-state index in [1.807, 2.05) is 11.9 Å². The van der Waals surface area contributed by atoms with Crippen LogP contribution in [0.1, 0.15) is 17.3 Å². The molecular weight excluding hydrogens is 402 g/mol. The summed E-state index contributed by atoms with van der Waals surface area (Å²) in [5.74, 6) is 0.365. The Balaban J connectivity index is 1.74. The maximum atomic E-state index is 12.6. The molecule has 0 bridgehead atoms. The van der Waals surface area contributed by atoms with Crippen molar-refractivity contribution in [1.82, 2.24) is 4.98 Å². The van der Waals surface area contributed by atoms with Crippen molar-refractivity contribution in [1.29, 1.82) is 0 Å². The first-order valence-corrected chi connectivity index (χ1v) is 10.9. The van der Waals surface area contributed by atoms with Gasteiger partial charge in [-0.05, 0) is 24.3 Å². The molecule has 0 unspecified atom stereocenters. The van der Waals surface area contributed by atoms with E-state index in [2.05, 4.69) is 9.71 Å². The third kappa shape index (κ3) is 4.63. The Labute approximate surface area is 167 Å². The Morgan fingerprint density at radius 1 is 1.29 bits per heavy atom. The van der Waals surface area contributed by atoms with Crippen LogP contribution in [-0.4, -0.2) is 50.3 Å². The van der Waals surface area contributed by atoms with Gasteiger partial charge in [0.25, 0.3) is 10.0 Å². The molecule has 0 spiro atoms. The van der Waals surface area contributed by atoms with E-state index in [4.69, 9.17) is 4.74 Å². The highest BCUT2D eigenvalue weighted by atomic mass is 32.2. The van der Waals surface area contributed by atoms with Crippen LogP contribution in [-0.2, 0) is 14.8 Å². The second-order valence-electron chi connectivity index (χ2n) is 6.14. The number of fused-ring (bicyclic) bond motifs is 1. The van der Waals surface area contributed by atoms with Crippen LogP contribution in [0.5, 0.6) is 5.75 Å². The minimum Gasteiger partial charge on any atom is -0.490 e. The molecule has 0 fully saturated rings. The van der Waals surface area contributed by atoms with Gasteiger partial charge in [0, 0.05) is 31.8 Å². The van der Waals surface area contributed by atoms with Crippen molar-refractivity contribution in [3.63, 3.8) is 0 Å². The number of thioether (sulfide) groups is 1. The second kappa shape index (κ2) is 8.19. The molecule has 3 rings (SSSR count). The Morgan fingerprint density at radius 3 is 2.75 bits per heavy atom. The van der Waals surface area contributed by atoms with Crippen LogP contribution in [0.2, 0.25) is 0 Å². The number of Topliss-reactive ketones (excluding diaryl/α,β-unsaturated/α-hetero) is 1. The molecule has 1 aliphatic rings. The van der Waals surface area contributed by atoms with Gasteiger partial charge in [0.2, 0.25) is 0 Å². The number of ether oxygens (including phenoxy) is 1. The normalized spacial score (nSPS) is 13.4. The molecule has 1 aliphatic heterocycles. The number of aromatic nitrogens is 1. The first kappa shape index (κ1) is 20.2. The van der Waals surface area contributed by atoms with E-state index in [9.17, 15) is 18.0 Å². The smallest absolute Gasteiger partial charge is 0.263 e. The highest BCUT2D eigenvalue weighted by Crippen LogP contribution is 2.33. The summed E-state index contributed by atoms with van der Waals surface area (Å²) in [5.41, 5.74) is 1.14. The van der Waals surface area contributed by atoms with Crippen LogP contribution in [0.25, 0.3) is 0 Å². The van der Waals surface area contributed by atoms with Gasteiger partial charge in [-0.2, -0.15) is 0 Å². The molecule has 0 aliphatic carbocycles. The van der Waals surface area contributed by atoms with Gasteiger partial charge >= 0.3 is 0 Å². The maximum absolute atomic E-state index is 12.6. The largest absolute Gasteiger partial charge is 0.490 e. The van der Waals surface area contributed by atoms with Gasteiger partial charge in [-0.3, -0.25) is 14.3 Å². The van der Waals surface area contributed by atoms with Crippen molar-refractivity contribution < 1.29 is 22.7 Å². The predicted molar refractivity (Wildman–Crippen MR) is 108 cm³/mol. The van der Waals surface area contributed by atoms with E-state index in [0.29, 0.717) is 17.9 Å². The van der Waals surface area contributed by atoms with Crippen LogP contribution in [0, 0.1) is 0 Å². The molecule has 1 aromatic heterocycles. The van der Waals surface area contributed by atoms with Crippen molar-refractivity contribution in [3.05, 3.63) is 42.1 Å². The number of carbonyl (C=O) groups excluding carboxylic acids is 2. The van der Waals surface area contributed by atoms with Crippen LogP contribution in [0.3, 0.4) is 0 Å². The fourth-order valence-corrected chi connectivity index (χ4v) is 4.10. The Kier molecular flexibility index (Phi) is 5.90. The average Bonchev–Trinajstić information content (AvgIpc) is 2.66. The van der Waals surface area contributed by atoms with Gasteiger partial charge in [-0.15, -0.1) is 0 Å². The average molecular weight is 422 g/mol. The van der Waals surface area contributed by atoms with Gasteiger partial charge < -0.3 is 9.64 Å². The zero-order chi connectivity index (χ0) is 20.3. The summed E-state index contributed by atoms with van der Waals surface area (Å²) in [4.78, 5) is 28.9. The van der Waals surface area contributed by atoms with Crippen molar-refractivity contribution in [2.45, 2.75) is 11.8 Å².